The predicted octanol–water partition coefficient (Wildman–Crippen LogP) is 5.27. The van der Waals surface area contributed by atoms with Gasteiger partial charge in [0.1, 0.15) is 0 Å². The van der Waals surface area contributed by atoms with E-state index in [4.69, 9.17) is 21.4 Å². The third-order valence-corrected chi connectivity index (χ3v) is 11.9. The molecule has 1 saturated carbocycles. The first kappa shape index (κ1) is 27.7. The zero-order valence-electron chi connectivity index (χ0n) is 25.4. The monoisotopic (exact) mass is 603 g/mol. The second kappa shape index (κ2) is 10.1. The highest BCUT2D eigenvalue weighted by atomic mass is 35.5. The number of nitrogens with one attached hydrogen (secondary N) is 1. The van der Waals surface area contributed by atoms with Crippen molar-refractivity contribution in [1.29, 1.82) is 0 Å². The topological polar surface area (TPSA) is 82.5 Å². The van der Waals surface area contributed by atoms with E-state index in [9.17, 15) is 4.79 Å². The Morgan fingerprint density at radius 2 is 1.88 bits per heavy atom. The van der Waals surface area contributed by atoms with Crippen molar-refractivity contribution in [2.75, 3.05) is 50.8 Å². The van der Waals surface area contributed by atoms with Crippen molar-refractivity contribution in [3.05, 3.63) is 41.2 Å². The summed E-state index contributed by atoms with van der Waals surface area (Å²) in [6.07, 6.45) is 11.2. The van der Waals surface area contributed by atoms with Crippen LogP contribution in [-0.4, -0.2) is 93.2 Å². The van der Waals surface area contributed by atoms with Crippen LogP contribution in [0.4, 0.5) is 5.82 Å². The highest BCUT2D eigenvalue weighted by Gasteiger charge is 2.58. The summed E-state index contributed by atoms with van der Waals surface area (Å²) < 4.78 is 7.77. The van der Waals surface area contributed by atoms with E-state index >= 15 is 0 Å². The van der Waals surface area contributed by atoms with Crippen molar-refractivity contribution >= 4 is 34.2 Å². The van der Waals surface area contributed by atoms with Crippen LogP contribution < -0.4 is 4.90 Å². The van der Waals surface area contributed by atoms with Crippen LogP contribution in [-0.2, 0) is 9.53 Å². The number of carbonyl (C=O) groups excluding carboxylic acids is 1. The highest BCUT2D eigenvalue weighted by Crippen LogP contribution is 2.57. The van der Waals surface area contributed by atoms with Crippen molar-refractivity contribution in [3.8, 4) is 11.1 Å². The van der Waals surface area contributed by atoms with Crippen molar-refractivity contribution in [3.63, 3.8) is 0 Å². The minimum absolute atomic E-state index is 0.0134. The Balaban J connectivity index is 1.20. The Kier molecular flexibility index (Phi) is 6.48. The van der Waals surface area contributed by atoms with Gasteiger partial charge in [-0.1, -0.05) is 18.2 Å². The van der Waals surface area contributed by atoms with Crippen LogP contribution in [0.15, 0.2) is 24.9 Å². The molecule has 5 fully saturated rings. The van der Waals surface area contributed by atoms with Crippen molar-refractivity contribution in [2.24, 2.45) is 5.41 Å². The number of aromatic amines is 1. The first-order valence-corrected chi connectivity index (χ1v) is 16.4. The standard InChI is InChI=1S/C33H42ClN7O2/c1-4-27(42)38-11-6-23(7-12-38)41-22(3)28(29-25-15-35-36-26(25)14-21(2)30(29)34)31(37-41)40-13-10-32(18-33(40)8-5-9-33)19-39(20-32)24-16-43-17-24/h4,14-15,23-24H,1,5-13,16-20H2,2-3H3,(H,35,36). The second-order valence-electron chi connectivity index (χ2n) is 14.0. The molecule has 1 N–H and O–H groups in total. The maximum Gasteiger partial charge on any atom is 0.245 e. The first-order valence-electron chi connectivity index (χ1n) is 16.0. The average molecular weight is 604 g/mol. The van der Waals surface area contributed by atoms with Gasteiger partial charge in [-0.05, 0) is 81.9 Å². The summed E-state index contributed by atoms with van der Waals surface area (Å²) in [5, 5.41) is 14.9. The smallest absolute Gasteiger partial charge is 0.245 e. The van der Waals surface area contributed by atoms with Crippen LogP contribution in [0.25, 0.3) is 22.0 Å². The minimum Gasteiger partial charge on any atom is -0.378 e. The number of nitrogens with zero attached hydrogens (tertiary/aromatic N) is 6. The van der Waals surface area contributed by atoms with Crippen LogP contribution in [0, 0.1) is 19.3 Å². The third-order valence-electron chi connectivity index (χ3n) is 11.4. The zero-order chi connectivity index (χ0) is 29.5. The number of aromatic nitrogens is 4. The van der Waals surface area contributed by atoms with Crippen molar-refractivity contribution in [2.45, 2.75) is 76.4 Å². The third kappa shape index (κ3) is 4.21. The number of H-pyrrole nitrogens is 1. The van der Waals surface area contributed by atoms with Gasteiger partial charge in [-0.2, -0.15) is 10.2 Å². The summed E-state index contributed by atoms with van der Waals surface area (Å²) in [7, 11) is 0. The molecule has 43 heavy (non-hydrogen) atoms. The molecule has 5 aliphatic rings. The van der Waals surface area contributed by atoms with E-state index in [0.717, 1.165) is 89.8 Å². The summed E-state index contributed by atoms with van der Waals surface area (Å²) in [6, 6.07) is 2.94. The Labute approximate surface area is 258 Å². The Morgan fingerprint density at radius 3 is 2.53 bits per heavy atom. The molecule has 2 spiro atoms. The van der Waals surface area contributed by atoms with Gasteiger partial charge in [0.05, 0.1) is 42.0 Å². The summed E-state index contributed by atoms with van der Waals surface area (Å²) in [5.41, 5.74) is 5.92. The van der Waals surface area contributed by atoms with Gasteiger partial charge in [-0.25, -0.2) is 0 Å². The van der Waals surface area contributed by atoms with Gasteiger partial charge < -0.3 is 14.5 Å². The fourth-order valence-corrected chi connectivity index (χ4v) is 9.10. The lowest BCUT2D eigenvalue weighted by molar-refractivity contribution is -0.147. The van der Waals surface area contributed by atoms with Gasteiger partial charge in [-0.3, -0.25) is 19.5 Å². The molecule has 1 aliphatic carbocycles. The number of hydrogen-bond acceptors (Lipinski definition) is 6. The van der Waals surface area contributed by atoms with E-state index < -0.39 is 0 Å². The molecule has 2 aromatic heterocycles. The van der Waals surface area contributed by atoms with E-state index in [-0.39, 0.29) is 17.5 Å². The number of rotatable bonds is 5. The van der Waals surface area contributed by atoms with Crippen LogP contribution in [0.1, 0.15) is 62.2 Å². The lowest BCUT2D eigenvalue weighted by Crippen LogP contribution is -2.71. The summed E-state index contributed by atoms with van der Waals surface area (Å²) >= 11 is 7.21. The van der Waals surface area contributed by atoms with Gasteiger partial charge in [0.15, 0.2) is 5.82 Å². The molecule has 0 unspecified atom stereocenters. The number of piperidine rings is 2. The summed E-state index contributed by atoms with van der Waals surface area (Å²) in [6.45, 7) is 14.6. The van der Waals surface area contributed by atoms with Gasteiger partial charge in [-0.15, -0.1) is 0 Å². The van der Waals surface area contributed by atoms with E-state index in [2.05, 4.69) is 51.2 Å². The number of likely N-dealkylation sites (tertiary alicyclic amines) is 2. The van der Waals surface area contributed by atoms with Gasteiger partial charge in [0.25, 0.3) is 0 Å². The van der Waals surface area contributed by atoms with Crippen LogP contribution in [0.5, 0.6) is 0 Å². The van der Waals surface area contributed by atoms with E-state index in [1.807, 2.05) is 11.1 Å². The lowest BCUT2D eigenvalue weighted by Gasteiger charge is -2.65. The number of anilines is 1. The maximum absolute atomic E-state index is 12.3. The molecule has 3 aromatic rings. The average Bonchev–Trinajstić information content (AvgIpc) is 3.55. The molecule has 4 aliphatic heterocycles. The number of amides is 1. The van der Waals surface area contributed by atoms with E-state index in [1.165, 1.54) is 51.3 Å². The Morgan fingerprint density at radius 1 is 1.12 bits per heavy atom. The van der Waals surface area contributed by atoms with E-state index in [0.29, 0.717) is 11.5 Å². The molecule has 9 nitrogen and oxygen atoms in total. The van der Waals surface area contributed by atoms with Gasteiger partial charge in [0.2, 0.25) is 5.91 Å². The molecule has 0 atom stereocenters. The summed E-state index contributed by atoms with van der Waals surface area (Å²) in [5.74, 6) is 1.09. The van der Waals surface area contributed by atoms with Crippen LogP contribution in [0.2, 0.25) is 5.02 Å². The molecule has 1 aromatic carbocycles. The largest absolute Gasteiger partial charge is 0.378 e. The van der Waals surface area contributed by atoms with Crippen molar-refractivity contribution < 1.29 is 9.53 Å². The molecule has 0 bridgehead atoms. The quantitative estimate of drug-likeness (QED) is 0.400. The van der Waals surface area contributed by atoms with Crippen LogP contribution in [0.3, 0.4) is 0 Å². The molecule has 0 radical (unpaired) electrons. The van der Waals surface area contributed by atoms with Gasteiger partial charge in [0, 0.05) is 60.5 Å². The highest BCUT2D eigenvalue weighted by molar-refractivity contribution is 6.36. The molecule has 228 valence electrons. The number of carbonyl (C=O) groups is 1. The maximum atomic E-state index is 12.3. The molecule has 6 heterocycles. The lowest BCUT2D eigenvalue weighted by atomic mass is 9.58. The number of fused-ring (bicyclic) bond motifs is 1. The second-order valence-corrected chi connectivity index (χ2v) is 14.3. The Hall–Kier alpha value is -2.88. The molecule has 8 rings (SSSR count). The normalized spacial score (nSPS) is 23.9. The van der Waals surface area contributed by atoms with Gasteiger partial charge >= 0.3 is 0 Å². The number of hydrogen-bond donors (Lipinski definition) is 1. The number of benzene rings is 1. The first-order chi connectivity index (χ1) is 20.8. The number of ether oxygens (including phenoxy) is 1. The molecule has 10 heteroatoms. The minimum atomic E-state index is 0.0134. The summed E-state index contributed by atoms with van der Waals surface area (Å²) in [4.78, 5) is 19.6. The SMILES string of the molecule is C=CC(=O)N1CCC(n2nc(N3CCC4(CN(C5COC5)C4)CC34CCC4)c(-c3c(Cl)c(C)cc4[nH]ncc34)c2C)CC1. The predicted molar refractivity (Wildman–Crippen MR) is 169 cm³/mol. The number of halogens is 1. The number of aryl methyl sites for hydroxylation is 1. The molecule has 1 amide bonds. The fraction of sp³-hybridized carbons (Fsp3) is 0.606. The van der Waals surface area contributed by atoms with Crippen molar-refractivity contribution in [1.82, 2.24) is 29.8 Å². The fourth-order valence-electron chi connectivity index (χ4n) is 8.85. The molecular weight excluding hydrogens is 562 g/mol. The zero-order valence-corrected chi connectivity index (χ0v) is 26.1. The van der Waals surface area contributed by atoms with Crippen LogP contribution >= 0.6 is 11.6 Å². The molecule has 4 saturated heterocycles. The Bertz CT molecular complexity index is 1590. The van der Waals surface area contributed by atoms with E-state index in [1.54, 1.807) is 0 Å². The molecular formula is C33H42ClN7O2.